The van der Waals surface area contributed by atoms with Gasteiger partial charge in [0.15, 0.2) is 0 Å². The van der Waals surface area contributed by atoms with E-state index in [9.17, 15) is 9.59 Å². The maximum absolute atomic E-state index is 11.6. The first kappa shape index (κ1) is 17.0. The quantitative estimate of drug-likeness (QED) is 0.773. The lowest BCUT2D eigenvalue weighted by atomic mass is 10.1. The van der Waals surface area contributed by atoms with Crippen molar-refractivity contribution in [2.45, 2.75) is 19.1 Å². The van der Waals surface area contributed by atoms with Gasteiger partial charge in [0.2, 0.25) is 17.7 Å². The van der Waals surface area contributed by atoms with Gasteiger partial charge in [-0.25, -0.2) is 0 Å². The van der Waals surface area contributed by atoms with Gasteiger partial charge in [0.1, 0.15) is 0 Å². The van der Waals surface area contributed by atoms with Crippen LogP contribution in [0.25, 0.3) is 11.5 Å². The number of carbonyl (C=O) groups is 2. The lowest BCUT2D eigenvalue weighted by Crippen LogP contribution is -2.35. The van der Waals surface area contributed by atoms with Gasteiger partial charge in [-0.05, 0) is 26.0 Å². The first-order valence-electron chi connectivity index (χ1n) is 7.00. The van der Waals surface area contributed by atoms with Crippen LogP contribution in [0.15, 0.2) is 27.8 Å². The summed E-state index contributed by atoms with van der Waals surface area (Å²) in [6.45, 7) is 3.95. The van der Waals surface area contributed by atoms with Crippen LogP contribution in [0.4, 0.5) is 0 Å². The first-order chi connectivity index (χ1) is 11.0. The average Bonchev–Trinajstić information content (AvgIpc) is 2.98. The fourth-order valence-corrected chi connectivity index (χ4v) is 2.52. The second-order valence-electron chi connectivity index (χ2n) is 4.99. The van der Waals surface area contributed by atoms with Gasteiger partial charge >= 0.3 is 0 Å². The first-order valence-corrected chi connectivity index (χ1v) is 7.98. The molecule has 1 heterocycles. The highest BCUT2D eigenvalue weighted by molar-refractivity contribution is 7.99. The van der Waals surface area contributed by atoms with Crippen molar-refractivity contribution < 1.29 is 14.0 Å². The van der Waals surface area contributed by atoms with Gasteiger partial charge in [-0.1, -0.05) is 29.0 Å². The third kappa shape index (κ3) is 5.10. The van der Waals surface area contributed by atoms with Crippen molar-refractivity contribution in [3.8, 4) is 11.5 Å². The Hall–Kier alpha value is -2.35. The Bertz CT molecular complexity index is 694. The minimum absolute atomic E-state index is 0.0481. The lowest BCUT2D eigenvalue weighted by Gasteiger charge is -2.02. The van der Waals surface area contributed by atoms with Gasteiger partial charge in [-0.3, -0.25) is 9.59 Å². The number of nitrogens with one attached hydrogen (secondary N) is 2. The molecule has 0 aliphatic carbocycles. The normalized spacial score (nSPS) is 10.4. The molecular formula is C15H18N4O3S. The molecule has 2 amide bonds. The summed E-state index contributed by atoms with van der Waals surface area (Å²) in [6, 6.07) is 5.99. The van der Waals surface area contributed by atoms with E-state index in [4.69, 9.17) is 4.42 Å². The number of aryl methyl sites for hydroxylation is 2. The van der Waals surface area contributed by atoms with Crippen LogP contribution in [-0.2, 0) is 9.59 Å². The van der Waals surface area contributed by atoms with Crippen LogP contribution >= 0.6 is 11.8 Å². The van der Waals surface area contributed by atoms with Crippen LogP contribution in [0.2, 0.25) is 0 Å². The van der Waals surface area contributed by atoms with Crippen LogP contribution in [-0.4, -0.2) is 41.4 Å². The Morgan fingerprint density at radius 3 is 2.48 bits per heavy atom. The molecule has 0 bridgehead atoms. The molecule has 0 aliphatic heterocycles. The van der Waals surface area contributed by atoms with Crippen LogP contribution in [0, 0.1) is 13.8 Å². The van der Waals surface area contributed by atoms with Crippen molar-refractivity contribution in [1.29, 1.82) is 0 Å². The summed E-state index contributed by atoms with van der Waals surface area (Å²) in [4.78, 5) is 22.6. The molecule has 1 aromatic heterocycles. The number of rotatable bonds is 6. The van der Waals surface area contributed by atoms with E-state index in [-0.39, 0.29) is 24.1 Å². The van der Waals surface area contributed by atoms with E-state index in [2.05, 4.69) is 26.9 Å². The maximum atomic E-state index is 11.6. The molecule has 2 N–H and O–H groups in total. The van der Waals surface area contributed by atoms with Crippen molar-refractivity contribution in [1.82, 2.24) is 20.8 Å². The van der Waals surface area contributed by atoms with E-state index >= 15 is 0 Å². The third-order valence-electron chi connectivity index (χ3n) is 2.93. The Balaban J connectivity index is 1.92. The van der Waals surface area contributed by atoms with Gasteiger partial charge in [0.05, 0.1) is 12.3 Å². The highest BCUT2D eigenvalue weighted by Crippen LogP contribution is 2.24. The maximum Gasteiger partial charge on any atom is 0.277 e. The molecule has 0 unspecified atom stereocenters. The van der Waals surface area contributed by atoms with E-state index < -0.39 is 0 Å². The highest BCUT2D eigenvalue weighted by Gasteiger charge is 2.12. The molecule has 8 heteroatoms. The van der Waals surface area contributed by atoms with Crippen molar-refractivity contribution in [2.24, 2.45) is 0 Å². The predicted octanol–water partition coefficient (Wildman–Crippen LogP) is 1.31. The lowest BCUT2D eigenvalue weighted by molar-refractivity contribution is -0.124. The standard InChI is InChI=1S/C15H18N4O3S/c1-9-4-10(2)6-11(5-9)14-18-19-15(22-14)23-8-13(21)17-7-12(20)16-3/h4-6H,7-8H2,1-3H3,(H,16,20)(H,17,21). The summed E-state index contributed by atoms with van der Waals surface area (Å²) in [7, 11) is 1.51. The molecule has 2 aromatic rings. The smallest absolute Gasteiger partial charge is 0.277 e. The summed E-state index contributed by atoms with van der Waals surface area (Å²) >= 11 is 1.13. The molecule has 7 nitrogen and oxygen atoms in total. The number of carbonyl (C=O) groups excluding carboxylic acids is 2. The second-order valence-corrected chi connectivity index (χ2v) is 5.91. The molecule has 2 rings (SSSR count). The van der Waals surface area contributed by atoms with Gasteiger partial charge in [0, 0.05) is 12.6 Å². The Morgan fingerprint density at radius 1 is 1.13 bits per heavy atom. The summed E-state index contributed by atoms with van der Waals surface area (Å²) in [5, 5.41) is 13.2. The zero-order valence-corrected chi connectivity index (χ0v) is 14.0. The fraction of sp³-hybridized carbons (Fsp3) is 0.333. The SMILES string of the molecule is CNC(=O)CNC(=O)CSc1nnc(-c2cc(C)cc(C)c2)o1. The van der Waals surface area contributed by atoms with Crippen LogP contribution in [0.3, 0.4) is 0 Å². The number of hydrogen-bond donors (Lipinski definition) is 2. The summed E-state index contributed by atoms with van der Waals surface area (Å²) in [6.07, 6.45) is 0. The number of hydrogen-bond acceptors (Lipinski definition) is 6. The number of likely N-dealkylation sites (N-methyl/N-ethyl adjacent to an activating group) is 1. The van der Waals surface area contributed by atoms with Gasteiger partial charge < -0.3 is 15.1 Å². The molecule has 122 valence electrons. The van der Waals surface area contributed by atoms with E-state index in [1.165, 1.54) is 7.05 Å². The molecule has 0 spiro atoms. The molecule has 0 atom stereocenters. The van der Waals surface area contributed by atoms with Crippen LogP contribution in [0.1, 0.15) is 11.1 Å². The van der Waals surface area contributed by atoms with Crippen molar-refractivity contribution in [3.63, 3.8) is 0 Å². The minimum atomic E-state index is -0.273. The molecule has 0 saturated carbocycles. The Morgan fingerprint density at radius 2 is 1.83 bits per heavy atom. The number of thioether (sulfide) groups is 1. The van der Waals surface area contributed by atoms with Crippen LogP contribution < -0.4 is 10.6 Å². The van der Waals surface area contributed by atoms with Crippen molar-refractivity contribution >= 4 is 23.6 Å². The molecule has 0 aliphatic rings. The Kier molecular flexibility index (Phi) is 5.75. The van der Waals surface area contributed by atoms with Crippen molar-refractivity contribution in [2.75, 3.05) is 19.3 Å². The second kappa shape index (κ2) is 7.77. The number of amides is 2. The fourth-order valence-electron chi connectivity index (χ4n) is 1.93. The molecule has 0 saturated heterocycles. The Labute approximate surface area is 138 Å². The van der Waals surface area contributed by atoms with Crippen LogP contribution in [0.5, 0.6) is 0 Å². The van der Waals surface area contributed by atoms with Crippen molar-refractivity contribution in [3.05, 3.63) is 29.3 Å². The number of aromatic nitrogens is 2. The molecular weight excluding hydrogens is 316 g/mol. The number of nitrogens with zero attached hydrogens (tertiary/aromatic N) is 2. The zero-order chi connectivity index (χ0) is 16.8. The van der Waals surface area contributed by atoms with Gasteiger partial charge in [0.25, 0.3) is 5.22 Å². The zero-order valence-electron chi connectivity index (χ0n) is 13.2. The summed E-state index contributed by atoms with van der Waals surface area (Å²) < 4.78 is 5.56. The molecule has 0 radical (unpaired) electrons. The summed E-state index contributed by atoms with van der Waals surface area (Å²) in [5.74, 6) is -0.000994. The summed E-state index contributed by atoms with van der Waals surface area (Å²) in [5.41, 5.74) is 3.08. The molecule has 0 fully saturated rings. The van der Waals surface area contributed by atoms with Gasteiger partial charge in [-0.2, -0.15) is 0 Å². The van der Waals surface area contributed by atoms with E-state index in [1.54, 1.807) is 0 Å². The highest BCUT2D eigenvalue weighted by atomic mass is 32.2. The average molecular weight is 334 g/mol. The van der Waals surface area contributed by atoms with E-state index in [0.717, 1.165) is 28.5 Å². The third-order valence-corrected chi connectivity index (χ3v) is 3.75. The van der Waals surface area contributed by atoms with Gasteiger partial charge in [-0.15, -0.1) is 10.2 Å². The largest absolute Gasteiger partial charge is 0.411 e. The topological polar surface area (TPSA) is 97.1 Å². The van der Waals surface area contributed by atoms with E-state index in [1.807, 2.05) is 26.0 Å². The molecule has 23 heavy (non-hydrogen) atoms. The molecule has 1 aromatic carbocycles. The number of benzene rings is 1. The van der Waals surface area contributed by atoms with E-state index in [0.29, 0.717) is 11.1 Å². The monoisotopic (exact) mass is 334 g/mol. The predicted molar refractivity (Wildman–Crippen MR) is 87.0 cm³/mol. The minimum Gasteiger partial charge on any atom is -0.411 e.